The van der Waals surface area contributed by atoms with Gasteiger partial charge in [0.25, 0.3) is 0 Å². The van der Waals surface area contributed by atoms with Crippen molar-refractivity contribution in [2.24, 2.45) is 5.92 Å². The second-order valence-corrected chi connectivity index (χ2v) is 5.21. The molecule has 1 unspecified atom stereocenters. The minimum atomic E-state index is 0.345. The quantitative estimate of drug-likeness (QED) is 0.816. The zero-order chi connectivity index (χ0) is 11.5. The molecular formula is C14H21NO. The van der Waals surface area contributed by atoms with Gasteiger partial charge in [-0.15, -0.1) is 0 Å². The van der Waals surface area contributed by atoms with Crippen molar-refractivity contribution < 1.29 is 5.11 Å². The van der Waals surface area contributed by atoms with E-state index in [1.54, 1.807) is 12.1 Å². The first-order valence-electron chi connectivity index (χ1n) is 6.17. The lowest BCUT2D eigenvalue weighted by atomic mass is 9.81. The maximum Gasteiger partial charge on any atom is 0.115 e. The van der Waals surface area contributed by atoms with Crippen molar-refractivity contribution in [3.63, 3.8) is 0 Å². The van der Waals surface area contributed by atoms with Crippen LogP contribution in [0.2, 0.25) is 0 Å². The molecule has 0 bridgehead atoms. The molecule has 2 nitrogen and oxygen atoms in total. The Morgan fingerprint density at radius 1 is 1.31 bits per heavy atom. The van der Waals surface area contributed by atoms with E-state index in [-0.39, 0.29) is 0 Å². The zero-order valence-electron chi connectivity index (χ0n) is 10.1. The van der Waals surface area contributed by atoms with Gasteiger partial charge in [0.1, 0.15) is 5.75 Å². The Hall–Kier alpha value is -1.02. The highest BCUT2D eigenvalue weighted by atomic mass is 16.3. The number of hydrogen-bond donors (Lipinski definition) is 2. The molecule has 0 aromatic heterocycles. The van der Waals surface area contributed by atoms with Crippen LogP contribution in [0.1, 0.15) is 32.3 Å². The van der Waals surface area contributed by atoms with Gasteiger partial charge in [-0.25, -0.2) is 0 Å². The standard InChI is InChI=1S/C14H21NO/c1-10-7-13(8-10)15-11(2)9-12-3-5-14(16)6-4-12/h3-6,10-11,13,15-16H,7-9H2,1-2H3. The van der Waals surface area contributed by atoms with Crippen LogP contribution in [-0.4, -0.2) is 17.2 Å². The summed E-state index contributed by atoms with van der Waals surface area (Å²) in [6, 6.07) is 8.75. The highest BCUT2D eigenvalue weighted by molar-refractivity contribution is 5.26. The van der Waals surface area contributed by atoms with E-state index in [1.807, 2.05) is 12.1 Å². The summed E-state index contributed by atoms with van der Waals surface area (Å²) in [6.45, 7) is 4.54. The van der Waals surface area contributed by atoms with E-state index in [2.05, 4.69) is 19.2 Å². The van der Waals surface area contributed by atoms with E-state index in [4.69, 9.17) is 0 Å². The molecule has 0 saturated heterocycles. The third-order valence-electron chi connectivity index (χ3n) is 3.37. The van der Waals surface area contributed by atoms with Crippen molar-refractivity contribution in [2.75, 3.05) is 0 Å². The van der Waals surface area contributed by atoms with Crippen LogP contribution in [0.25, 0.3) is 0 Å². The Morgan fingerprint density at radius 2 is 1.94 bits per heavy atom. The Bertz CT molecular complexity index is 327. The molecule has 1 saturated carbocycles. The fourth-order valence-corrected chi connectivity index (χ4v) is 2.49. The van der Waals surface area contributed by atoms with Crippen LogP contribution in [0, 0.1) is 5.92 Å². The van der Waals surface area contributed by atoms with Crippen molar-refractivity contribution in [1.29, 1.82) is 0 Å². The van der Waals surface area contributed by atoms with Crippen LogP contribution in [-0.2, 0) is 6.42 Å². The third-order valence-corrected chi connectivity index (χ3v) is 3.37. The van der Waals surface area contributed by atoms with Crippen molar-refractivity contribution in [2.45, 2.75) is 45.2 Å². The van der Waals surface area contributed by atoms with E-state index in [0.29, 0.717) is 11.8 Å². The van der Waals surface area contributed by atoms with Gasteiger partial charge in [0.2, 0.25) is 0 Å². The summed E-state index contributed by atoms with van der Waals surface area (Å²) in [4.78, 5) is 0. The lowest BCUT2D eigenvalue weighted by Gasteiger charge is -2.35. The Morgan fingerprint density at radius 3 is 2.50 bits per heavy atom. The van der Waals surface area contributed by atoms with Gasteiger partial charge in [0, 0.05) is 12.1 Å². The normalized spacial score (nSPS) is 26.1. The van der Waals surface area contributed by atoms with E-state index < -0.39 is 0 Å². The molecule has 0 amide bonds. The van der Waals surface area contributed by atoms with Gasteiger partial charge >= 0.3 is 0 Å². The lowest BCUT2D eigenvalue weighted by molar-refractivity contribution is 0.225. The highest BCUT2D eigenvalue weighted by Crippen LogP contribution is 2.26. The van der Waals surface area contributed by atoms with Crippen molar-refractivity contribution in [1.82, 2.24) is 5.32 Å². The maximum atomic E-state index is 9.20. The predicted molar refractivity (Wildman–Crippen MR) is 66.6 cm³/mol. The summed E-state index contributed by atoms with van der Waals surface area (Å²) < 4.78 is 0. The van der Waals surface area contributed by atoms with Crippen LogP contribution in [0.5, 0.6) is 5.75 Å². The average molecular weight is 219 g/mol. The monoisotopic (exact) mass is 219 g/mol. The summed E-state index contributed by atoms with van der Waals surface area (Å²) in [5.41, 5.74) is 1.28. The van der Waals surface area contributed by atoms with Crippen LogP contribution in [0.3, 0.4) is 0 Å². The molecule has 1 fully saturated rings. The second kappa shape index (κ2) is 4.88. The number of phenols is 1. The largest absolute Gasteiger partial charge is 0.508 e. The van der Waals surface area contributed by atoms with Gasteiger partial charge in [0.05, 0.1) is 0 Å². The van der Waals surface area contributed by atoms with Crippen LogP contribution in [0.4, 0.5) is 0 Å². The topological polar surface area (TPSA) is 32.3 Å². The third kappa shape index (κ3) is 2.99. The molecule has 0 aliphatic heterocycles. The van der Waals surface area contributed by atoms with Crippen molar-refractivity contribution >= 4 is 0 Å². The van der Waals surface area contributed by atoms with Crippen molar-refractivity contribution in [3.8, 4) is 5.75 Å². The van der Waals surface area contributed by atoms with E-state index in [1.165, 1.54) is 18.4 Å². The fraction of sp³-hybridized carbons (Fsp3) is 0.571. The molecule has 1 aromatic rings. The predicted octanol–water partition coefficient (Wildman–Crippen LogP) is 2.71. The molecule has 2 rings (SSSR count). The van der Waals surface area contributed by atoms with Gasteiger partial charge in [0.15, 0.2) is 0 Å². The first-order chi connectivity index (χ1) is 7.63. The summed E-state index contributed by atoms with van der Waals surface area (Å²) >= 11 is 0. The van der Waals surface area contributed by atoms with Gasteiger partial charge in [-0.1, -0.05) is 19.1 Å². The van der Waals surface area contributed by atoms with Crippen LogP contribution < -0.4 is 5.32 Å². The first kappa shape index (κ1) is 11.5. The molecule has 88 valence electrons. The van der Waals surface area contributed by atoms with Crippen LogP contribution >= 0.6 is 0 Å². The fourth-order valence-electron chi connectivity index (χ4n) is 2.49. The minimum absolute atomic E-state index is 0.345. The Labute approximate surface area is 97.7 Å². The SMILES string of the molecule is CC1CC(NC(C)Cc2ccc(O)cc2)C1. The van der Waals surface area contributed by atoms with Gasteiger partial charge in [-0.05, 0) is 49.8 Å². The number of rotatable bonds is 4. The lowest BCUT2D eigenvalue weighted by Crippen LogP contribution is -2.45. The maximum absolute atomic E-state index is 9.20. The van der Waals surface area contributed by atoms with E-state index in [9.17, 15) is 5.11 Å². The molecule has 0 radical (unpaired) electrons. The molecule has 0 spiro atoms. The molecule has 2 N–H and O–H groups in total. The Balaban J connectivity index is 1.78. The summed E-state index contributed by atoms with van der Waals surface area (Å²) in [5, 5.41) is 12.8. The number of phenolic OH excluding ortho intramolecular Hbond substituents is 1. The van der Waals surface area contributed by atoms with Gasteiger partial charge in [-0.3, -0.25) is 0 Å². The molecule has 1 atom stereocenters. The van der Waals surface area contributed by atoms with Gasteiger partial charge < -0.3 is 10.4 Å². The van der Waals surface area contributed by atoms with Gasteiger partial charge in [-0.2, -0.15) is 0 Å². The number of nitrogens with one attached hydrogen (secondary N) is 1. The first-order valence-corrected chi connectivity index (χ1v) is 6.17. The summed E-state index contributed by atoms with van der Waals surface area (Å²) in [5.74, 6) is 1.25. The molecule has 1 aliphatic rings. The molecule has 0 heterocycles. The highest BCUT2D eigenvalue weighted by Gasteiger charge is 2.25. The Kier molecular flexibility index (Phi) is 3.49. The molecular weight excluding hydrogens is 198 g/mol. The van der Waals surface area contributed by atoms with Crippen molar-refractivity contribution in [3.05, 3.63) is 29.8 Å². The number of benzene rings is 1. The van der Waals surface area contributed by atoms with E-state index >= 15 is 0 Å². The molecule has 1 aromatic carbocycles. The van der Waals surface area contributed by atoms with Crippen LogP contribution in [0.15, 0.2) is 24.3 Å². The van der Waals surface area contributed by atoms with E-state index in [0.717, 1.165) is 18.4 Å². The smallest absolute Gasteiger partial charge is 0.115 e. The summed E-state index contributed by atoms with van der Waals surface area (Å²) in [7, 11) is 0. The molecule has 2 heteroatoms. The average Bonchev–Trinajstić information content (AvgIpc) is 2.19. The number of hydrogen-bond acceptors (Lipinski definition) is 2. The zero-order valence-corrected chi connectivity index (χ0v) is 10.1. The molecule has 1 aliphatic carbocycles. The molecule has 16 heavy (non-hydrogen) atoms. The number of aromatic hydroxyl groups is 1. The second-order valence-electron chi connectivity index (χ2n) is 5.21. The minimum Gasteiger partial charge on any atom is -0.508 e. The summed E-state index contributed by atoms with van der Waals surface area (Å²) in [6.07, 6.45) is 3.67.